The van der Waals surface area contributed by atoms with Crippen molar-refractivity contribution in [3.8, 4) is 5.69 Å². The summed E-state index contributed by atoms with van der Waals surface area (Å²) in [6.45, 7) is 12.9. The molecular weight excluding hydrogens is 392 g/mol. The van der Waals surface area contributed by atoms with Crippen LogP contribution in [0.15, 0.2) is 60.7 Å². The number of hydrogen-bond acceptors (Lipinski definition) is 3. The molecule has 0 unspecified atom stereocenters. The average Bonchev–Trinajstić information content (AvgIpc) is 3.15. The van der Waals surface area contributed by atoms with Crippen molar-refractivity contribution in [2.45, 2.75) is 39.3 Å². The van der Waals surface area contributed by atoms with Crippen molar-refractivity contribution in [3.05, 3.63) is 82.6 Å². The molecule has 0 saturated carbocycles. The van der Waals surface area contributed by atoms with Gasteiger partial charge in [0.05, 0.1) is 17.1 Å². The summed E-state index contributed by atoms with van der Waals surface area (Å²) in [5.74, 6) is 0. The predicted octanol–water partition coefficient (Wildman–Crippen LogP) is 5.14. The summed E-state index contributed by atoms with van der Waals surface area (Å²) in [4.78, 5) is 5.08. The van der Waals surface area contributed by atoms with Gasteiger partial charge in [-0.2, -0.15) is 5.10 Å². The molecule has 2 heterocycles. The maximum atomic E-state index is 6.26. The van der Waals surface area contributed by atoms with Crippen LogP contribution >= 0.6 is 11.6 Å². The molecule has 1 saturated heterocycles. The lowest BCUT2D eigenvalue weighted by Crippen LogP contribution is -2.45. The zero-order chi connectivity index (χ0) is 21.1. The van der Waals surface area contributed by atoms with E-state index >= 15 is 0 Å². The summed E-state index contributed by atoms with van der Waals surface area (Å²) < 4.78 is 2.07. The van der Waals surface area contributed by atoms with E-state index in [0.717, 1.165) is 55.7 Å². The zero-order valence-electron chi connectivity index (χ0n) is 18.2. The second kappa shape index (κ2) is 8.93. The van der Waals surface area contributed by atoms with Gasteiger partial charge in [-0.15, -0.1) is 0 Å². The van der Waals surface area contributed by atoms with Crippen molar-refractivity contribution in [1.29, 1.82) is 0 Å². The molecule has 3 aromatic rings. The number of aromatic nitrogens is 2. The lowest BCUT2D eigenvalue weighted by atomic mass is 9.92. The Labute approximate surface area is 185 Å². The van der Waals surface area contributed by atoms with Gasteiger partial charge in [-0.1, -0.05) is 68.8 Å². The van der Waals surface area contributed by atoms with Gasteiger partial charge in [0.15, 0.2) is 0 Å². The third-order valence-corrected chi connectivity index (χ3v) is 5.94. The van der Waals surface area contributed by atoms with Crippen molar-refractivity contribution in [2.75, 3.05) is 26.2 Å². The quantitative estimate of drug-likeness (QED) is 0.568. The van der Waals surface area contributed by atoms with Crippen LogP contribution in [0.2, 0.25) is 5.02 Å². The van der Waals surface area contributed by atoms with Gasteiger partial charge in [0.1, 0.15) is 0 Å². The van der Waals surface area contributed by atoms with Gasteiger partial charge < -0.3 is 0 Å². The number of rotatable bonds is 5. The van der Waals surface area contributed by atoms with Crippen molar-refractivity contribution < 1.29 is 0 Å². The van der Waals surface area contributed by atoms with Gasteiger partial charge in [0, 0.05) is 49.7 Å². The van der Waals surface area contributed by atoms with Gasteiger partial charge in [-0.05, 0) is 29.8 Å². The normalized spacial score (nSPS) is 16.1. The highest BCUT2D eigenvalue weighted by atomic mass is 35.5. The highest BCUT2D eigenvalue weighted by Crippen LogP contribution is 2.25. The van der Waals surface area contributed by atoms with Gasteiger partial charge in [-0.25, -0.2) is 4.68 Å². The molecule has 1 aliphatic rings. The molecule has 4 nitrogen and oxygen atoms in total. The number of hydrogen-bond donors (Lipinski definition) is 0. The first kappa shape index (κ1) is 21.1. The summed E-state index contributed by atoms with van der Waals surface area (Å²) >= 11 is 6.26. The summed E-state index contributed by atoms with van der Waals surface area (Å²) in [5.41, 5.74) is 4.75. The van der Waals surface area contributed by atoms with E-state index in [4.69, 9.17) is 16.7 Å². The van der Waals surface area contributed by atoms with Crippen LogP contribution in [0, 0.1) is 0 Å². The first-order valence-corrected chi connectivity index (χ1v) is 11.1. The van der Waals surface area contributed by atoms with E-state index in [9.17, 15) is 0 Å². The molecule has 0 aliphatic carbocycles. The van der Waals surface area contributed by atoms with E-state index in [1.165, 1.54) is 11.3 Å². The van der Waals surface area contributed by atoms with Gasteiger partial charge in [0.25, 0.3) is 0 Å². The fourth-order valence-electron chi connectivity index (χ4n) is 3.91. The Balaban J connectivity index is 1.47. The zero-order valence-corrected chi connectivity index (χ0v) is 18.9. The van der Waals surface area contributed by atoms with Gasteiger partial charge >= 0.3 is 0 Å². The molecule has 2 aromatic carbocycles. The molecule has 158 valence electrons. The fourth-order valence-corrected chi connectivity index (χ4v) is 4.09. The molecule has 0 atom stereocenters. The molecule has 0 radical (unpaired) electrons. The Hall–Kier alpha value is -2.14. The Kier molecular flexibility index (Phi) is 6.28. The van der Waals surface area contributed by atoms with Gasteiger partial charge in [0.2, 0.25) is 0 Å². The molecule has 5 heteroatoms. The minimum atomic E-state index is 0.00690. The number of nitrogens with zero attached hydrogens (tertiary/aromatic N) is 4. The van der Waals surface area contributed by atoms with Crippen molar-refractivity contribution in [3.63, 3.8) is 0 Å². The molecular formula is C25H31ClN4. The molecule has 0 bridgehead atoms. The minimum absolute atomic E-state index is 0.00690. The predicted molar refractivity (Wildman–Crippen MR) is 124 cm³/mol. The van der Waals surface area contributed by atoms with E-state index in [2.05, 4.69) is 77.7 Å². The topological polar surface area (TPSA) is 24.3 Å². The third kappa shape index (κ3) is 5.12. The van der Waals surface area contributed by atoms with Crippen molar-refractivity contribution >= 4 is 11.6 Å². The van der Waals surface area contributed by atoms with Crippen molar-refractivity contribution in [1.82, 2.24) is 19.6 Å². The largest absolute Gasteiger partial charge is 0.297 e. The van der Waals surface area contributed by atoms with Crippen LogP contribution < -0.4 is 0 Å². The lowest BCUT2D eigenvalue weighted by Gasteiger charge is -2.34. The standard InChI is InChI=1S/C25H31ClN4/c1-25(2,3)24-17-23(30(27-24)22-11-7-10-21(26)16-22)19-29-14-12-28(13-15-29)18-20-8-5-4-6-9-20/h4-11,16-17H,12-15,18-19H2,1-3H3. The monoisotopic (exact) mass is 422 g/mol. The van der Waals surface area contributed by atoms with Crippen LogP contribution in [0.4, 0.5) is 0 Å². The number of halogens is 1. The lowest BCUT2D eigenvalue weighted by molar-refractivity contribution is 0.120. The SMILES string of the molecule is CC(C)(C)c1cc(CN2CCN(Cc3ccccc3)CC2)n(-c2cccc(Cl)c2)n1. The molecule has 0 amide bonds. The molecule has 4 rings (SSSR count). The van der Waals surface area contributed by atoms with E-state index in [0.29, 0.717) is 0 Å². The van der Waals surface area contributed by atoms with Crippen molar-refractivity contribution in [2.24, 2.45) is 0 Å². The molecule has 1 aliphatic heterocycles. The fraction of sp³-hybridized carbons (Fsp3) is 0.400. The van der Waals surface area contributed by atoms with Crippen LogP contribution in [0.3, 0.4) is 0 Å². The molecule has 1 fully saturated rings. The summed E-state index contributed by atoms with van der Waals surface area (Å²) in [6, 6.07) is 21.0. The summed E-state index contributed by atoms with van der Waals surface area (Å²) in [6.07, 6.45) is 0. The Morgan fingerprint density at radius 2 is 1.50 bits per heavy atom. The second-order valence-corrected chi connectivity index (χ2v) is 9.64. The Morgan fingerprint density at radius 1 is 0.833 bits per heavy atom. The van der Waals surface area contributed by atoms with Gasteiger partial charge in [-0.3, -0.25) is 9.80 Å². The molecule has 0 spiro atoms. The average molecular weight is 423 g/mol. The minimum Gasteiger partial charge on any atom is -0.297 e. The van der Waals surface area contributed by atoms with E-state index in [1.807, 2.05) is 18.2 Å². The van der Waals surface area contributed by atoms with E-state index in [-0.39, 0.29) is 5.41 Å². The van der Waals surface area contributed by atoms with E-state index in [1.54, 1.807) is 0 Å². The highest BCUT2D eigenvalue weighted by molar-refractivity contribution is 6.30. The maximum Gasteiger partial charge on any atom is 0.0685 e. The smallest absolute Gasteiger partial charge is 0.0685 e. The first-order valence-electron chi connectivity index (χ1n) is 10.7. The molecule has 1 aromatic heterocycles. The number of piperazine rings is 1. The number of benzene rings is 2. The van der Waals surface area contributed by atoms with E-state index < -0.39 is 0 Å². The Morgan fingerprint density at radius 3 is 2.13 bits per heavy atom. The third-order valence-electron chi connectivity index (χ3n) is 5.70. The highest BCUT2D eigenvalue weighted by Gasteiger charge is 2.23. The van der Waals surface area contributed by atoms with Crippen LogP contribution in [0.25, 0.3) is 5.69 Å². The first-order chi connectivity index (χ1) is 14.4. The Bertz CT molecular complexity index is 966. The second-order valence-electron chi connectivity index (χ2n) is 9.20. The van der Waals surface area contributed by atoms with Crippen LogP contribution in [0.5, 0.6) is 0 Å². The maximum absolute atomic E-state index is 6.26. The van der Waals surface area contributed by atoms with Crippen LogP contribution in [-0.2, 0) is 18.5 Å². The molecule has 0 N–H and O–H groups in total. The van der Waals surface area contributed by atoms with Crippen LogP contribution in [0.1, 0.15) is 37.7 Å². The molecule has 30 heavy (non-hydrogen) atoms. The van der Waals surface area contributed by atoms with Crippen LogP contribution in [-0.4, -0.2) is 45.8 Å². The summed E-state index contributed by atoms with van der Waals surface area (Å²) in [5, 5.41) is 5.69. The summed E-state index contributed by atoms with van der Waals surface area (Å²) in [7, 11) is 0.